The number of halogens is 3. The first kappa shape index (κ1) is 20.7. The molecule has 0 aromatic carbocycles. The Bertz CT molecular complexity index is 583. The maximum absolute atomic E-state index is 12.6. The van der Waals surface area contributed by atoms with Gasteiger partial charge in [0, 0.05) is 6.61 Å². The van der Waals surface area contributed by atoms with E-state index in [0.29, 0.717) is 0 Å². The van der Waals surface area contributed by atoms with Gasteiger partial charge in [0.15, 0.2) is 6.29 Å². The highest BCUT2D eigenvalue weighted by Gasteiger charge is 2.51. The van der Waals surface area contributed by atoms with Crippen molar-refractivity contribution in [2.24, 2.45) is 5.92 Å². The summed E-state index contributed by atoms with van der Waals surface area (Å²) < 4.78 is 80.1. The van der Waals surface area contributed by atoms with Gasteiger partial charge in [0.2, 0.25) is 0 Å². The normalized spacial score (nSPS) is 22.4. The van der Waals surface area contributed by atoms with E-state index in [9.17, 15) is 26.4 Å². The van der Waals surface area contributed by atoms with Crippen molar-refractivity contribution in [3.8, 4) is 0 Å². The summed E-state index contributed by atoms with van der Waals surface area (Å²) >= 11 is 0. The highest BCUT2D eigenvalue weighted by molar-refractivity contribution is 7.87. The van der Waals surface area contributed by atoms with Crippen molar-refractivity contribution < 1.29 is 44.8 Å². The molecule has 0 saturated heterocycles. The van der Waals surface area contributed by atoms with Gasteiger partial charge in [-0.15, -0.1) is 0 Å². The van der Waals surface area contributed by atoms with E-state index in [-0.39, 0.29) is 19.6 Å². The van der Waals surface area contributed by atoms with Gasteiger partial charge in [-0.3, -0.25) is 0 Å². The van der Waals surface area contributed by atoms with Crippen molar-refractivity contribution >= 4 is 16.1 Å². The molecule has 0 saturated carbocycles. The lowest BCUT2D eigenvalue weighted by molar-refractivity contribution is -0.175. The summed E-state index contributed by atoms with van der Waals surface area (Å²) in [6.45, 7) is 4.34. The summed E-state index contributed by atoms with van der Waals surface area (Å²) in [5, 5.41) is 0. The predicted molar refractivity (Wildman–Crippen MR) is 74.9 cm³/mol. The van der Waals surface area contributed by atoms with Crippen molar-refractivity contribution in [2.45, 2.75) is 39.0 Å². The Hall–Kier alpha value is -1.33. The Morgan fingerprint density at radius 1 is 1.25 bits per heavy atom. The minimum atomic E-state index is -5.94. The van der Waals surface area contributed by atoms with Gasteiger partial charge in [-0.25, -0.2) is 4.79 Å². The monoisotopic (exact) mass is 376 g/mol. The number of carbonyl (C=O) groups is 1. The predicted octanol–water partition coefficient (Wildman–Crippen LogP) is 2.09. The van der Waals surface area contributed by atoms with E-state index in [1.54, 1.807) is 13.8 Å². The fourth-order valence-corrected chi connectivity index (χ4v) is 2.62. The largest absolute Gasteiger partial charge is 0.534 e. The number of rotatable bonds is 7. The third-order valence-corrected chi connectivity index (χ3v) is 4.10. The van der Waals surface area contributed by atoms with Crippen molar-refractivity contribution in [1.82, 2.24) is 0 Å². The van der Waals surface area contributed by atoms with Crippen LogP contribution in [0.1, 0.15) is 27.2 Å². The molecule has 11 heteroatoms. The number of hydrogen-bond donors (Lipinski definition) is 0. The van der Waals surface area contributed by atoms with Crippen LogP contribution in [0.5, 0.6) is 0 Å². The number of hydrogen-bond acceptors (Lipinski definition) is 7. The van der Waals surface area contributed by atoms with Crippen molar-refractivity contribution in [3.63, 3.8) is 0 Å². The molecule has 2 atom stereocenters. The summed E-state index contributed by atoms with van der Waals surface area (Å²) in [7, 11) is -5.94. The number of esters is 1. The van der Waals surface area contributed by atoms with Gasteiger partial charge in [-0.1, -0.05) is 6.92 Å². The fourth-order valence-electron chi connectivity index (χ4n) is 2.06. The quantitative estimate of drug-likeness (QED) is 0.382. The third-order valence-electron chi connectivity index (χ3n) is 3.13. The van der Waals surface area contributed by atoms with Gasteiger partial charge in [0.05, 0.1) is 19.1 Å². The molecule has 0 N–H and O–H groups in total. The number of alkyl halides is 3. The standard InChI is InChI=1S/C13H19F3O7S/c1-4-8-10(23-24(18,19)13(14,15)16)9(11(17)20-5-2)7-22-12(8)21-6-3/h8,12H,4-7H2,1-3H3. The molecule has 0 aromatic heterocycles. The van der Waals surface area contributed by atoms with E-state index >= 15 is 0 Å². The molecule has 0 amide bonds. The molecule has 1 rings (SSSR count). The van der Waals surface area contributed by atoms with Crippen molar-refractivity contribution in [1.29, 1.82) is 0 Å². The van der Waals surface area contributed by atoms with Gasteiger partial charge in [0.25, 0.3) is 0 Å². The van der Waals surface area contributed by atoms with Crippen LogP contribution in [0.25, 0.3) is 0 Å². The summed E-state index contributed by atoms with van der Waals surface area (Å²) in [5.74, 6) is -2.66. The van der Waals surface area contributed by atoms with Crippen LogP contribution in [-0.2, 0) is 33.3 Å². The van der Waals surface area contributed by atoms with Gasteiger partial charge in [0.1, 0.15) is 11.3 Å². The molecule has 0 spiro atoms. The Kier molecular flexibility index (Phi) is 7.05. The van der Waals surface area contributed by atoms with Crippen LogP contribution >= 0.6 is 0 Å². The molecule has 1 aliphatic heterocycles. The molecular formula is C13H19F3O7S. The molecule has 0 radical (unpaired) electrons. The Labute approximate surface area is 137 Å². The van der Waals surface area contributed by atoms with Gasteiger partial charge in [-0.2, -0.15) is 21.6 Å². The maximum Gasteiger partial charge on any atom is 0.534 e. The summed E-state index contributed by atoms with van der Waals surface area (Å²) in [6, 6.07) is 0. The second-order valence-electron chi connectivity index (χ2n) is 4.70. The van der Waals surface area contributed by atoms with Crippen LogP contribution in [0, 0.1) is 5.92 Å². The minimum absolute atomic E-state index is 0.0483. The molecule has 0 aromatic rings. The second-order valence-corrected chi connectivity index (χ2v) is 6.23. The highest BCUT2D eigenvalue weighted by Crippen LogP contribution is 2.36. The zero-order chi connectivity index (χ0) is 18.5. The van der Waals surface area contributed by atoms with Crippen molar-refractivity contribution in [3.05, 3.63) is 11.3 Å². The molecule has 140 valence electrons. The van der Waals surface area contributed by atoms with Gasteiger partial charge >= 0.3 is 21.6 Å². The molecule has 1 aliphatic rings. The first-order valence-corrected chi connectivity index (χ1v) is 8.63. The molecular weight excluding hydrogens is 357 g/mol. The summed E-state index contributed by atoms with van der Waals surface area (Å²) in [6.07, 6.45) is -0.910. The first-order valence-electron chi connectivity index (χ1n) is 7.23. The topological polar surface area (TPSA) is 88.1 Å². The first-order chi connectivity index (χ1) is 11.1. The Morgan fingerprint density at radius 3 is 2.33 bits per heavy atom. The molecule has 1 heterocycles. The fraction of sp³-hybridized carbons (Fsp3) is 0.769. The lowest BCUT2D eigenvalue weighted by Gasteiger charge is -2.33. The zero-order valence-corrected chi connectivity index (χ0v) is 14.2. The smallest absolute Gasteiger partial charge is 0.462 e. The third kappa shape index (κ3) is 4.61. The summed E-state index contributed by atoms with van der Waals surface area (Å²) in [5.41, 5.74) is -6.04. The number of carbonyl (C=O) groups excluding carboxylic acids is 1. The van der Waals surface area contributed by atoms with Crippen LogP contribution in [0.3, 0.4) is 0 Å². The van der Waals surface area contributed by atoms with E-state index < -0.39 is 51.7 Å². The van der Waals surface area contributed by atoms with Crippen LogP contribution in [0.4, 0.5) is 13.2 Å². The van der Waals surface area contributed by atoms with Crippen molar-refractivity contribution in [2.75, 3.05) is 19.8 Å². The van der Waals surface area contributed by atoms with E-state index in [2.05, 4.69) is 4.18 Å². The van der Waals surface area contributed by atoms with Gasteiger partial charge < -0.3 is 18.4 Å². The lowest BCUT2D eigenvalue weighted by Crippen LogP contribution is -2.39. The Balaban J connectivity index is 3.34. The molecule has 24 heavy (non-hydrogen) atoms. The van der Waals surface area contributed by atoms with Crippen LogP contribution < -0.4 is 0 Å². The van der Waals surface area contributed by atoms with E-state index in [1.165, 1.54) is 6.92 Å². The molecule has 7 nitrogen and oxygen atoms in total. The van der Waals surface area contributed by atoms with Crippen LogP contribution in [-0.4, -0.2) is 46.0 Å². The molecule has 0 aliphatic carbocycles. The van der Waals surface area contributed by atoms with Crippen LogP contribution in [0.15, 0.2) is 11.3 Å². The zero-order valence-electron chi connectivity index (χ0n) is 13.4. The summed E-state index contributed by atoms with van der Waals surface area (Å²) in [4.78, 5) is 11.9. The molecule has 0 bridgehead atoms. The maximum atomic E-state index is 12.6. The second kappa shape index (κ2) is 8.17. The minimum Gasteiger partial charge on any atom is -0.462 e. The molecule has 2 unspecified atom stereocenters. The highest BCUT2D eigenvalue weighted by atomic mass is 32.2. The van der Waals surface area contributed by atoms with Crippen LogP contribution in [0.2, 0.25) is 0 Å². The molecule has 0 fully saturated rings. The average molecular weight is 376 g/mol. The Morgan fingerprint density at radius 2 is 1.88 bits per heavy atom. The average Bonchev–Trinajstić information content (AvgIpc) is 2.46. The van der Waals surface area contributed by atoms with Gasteiger partial charge in [-0.05, 0) is 20.3 Å². The SMILES string of the molecule is CCOC(=O)C1=C(OS(=O)(=O)C(F)(F)F)C(CC)C(OCC)OC1. The lowest BCUT2D eigenvalue weighted by atomic mass is 9.97. The number of ether oxygens (including phenoxy) is 3. The van der Waals surface area contributed by atoms with E-state index in [4.69, 9.17) is 14.2 Å². The van der Waals surface area contributed by atoms with E-state index in [1.807, 2.05) is 0 Å². The van der Waals surface area contributed by atoms with E-state index in [0.717, 1.165) is 0 Å².